The first-order valence-electron chi connectivity index (χ1n) is 6.98. The van der Waals surface area contributed by atoms with Gasteiger partial charge in [-0.2, -0.15) is 0 Å². The molecule has 2 rings (SSSR count). The number of nitrogens with one attached hydrogen (secondary N) is 1. The molecular formula is C17H22N2O. The van der Waals surface area contributed by atoms with Crippen molar-refractivity contribution in [2.45, 2.75) is 40.3 Å². The Hall–Kier alpha value is -1.87. The molecule has 20 heavy (non-hydrogen) atoms. The predicted octanol–water partition coefficient (Wildman–Crippen LogP) is 3.99. The molecular weight excluding hydrogens is 248 g/mol. The van der Waals surface area contributed by atoms with Crippen LogP contribution in [-0.4, -0.2) is 11.0 Å². The van der Waals surface area contributed by atoms with Crippen molar-refractivity contribution in [3.8, 4) is 11.5 Å². The van der Waals surface area contributed by atoms with E-state index in [0.717, 1.165) is 23.6 Å². The summed E-state index contributed by atoms with van der Waals surface area (Å²) in [5, 5.41) is 3.39. The molecule has 3 heteroatoms. The number of aromatic nitrogens is 1. The zero-order valence-electron chi connectivity index (χ0n) is 12.6. The van der Waals surface area contributed by atoms with E-state index in [9.17, 15) is 0 Å². The second-order valence-corrected chi connectivity index (χ2v) is 5.32. The van der Waals surface area contributed by atoms with E-state index in [2.05, 4.69) is 44.1 Å². The minimum atomic E-state index is 0.434. The summed E-state index contributed by atoms with van der Waals surface area (Å²) in [4.78, 5) is 4.18. The van der Waals surface area contributed by atoms with Gasteiger partial charge in [0.05, 0.1) is 0 Å². The third-order valence-corrected chi connectivity index (χ3v) is 3.33. The third kappa shape index (κ3) is 3.58. The van der Waals surface area contributed by atoms with Gasteiger partial charge in [0.15, 0.2) is 0 Å². The molecule has 1 N–H and O–H groups in total. The molecule has 1 aromatic heterocycles. The highest BCUT2D eigenvalue weighted by Gasteiger charge is 2.08. The molecule has 0 spiro atoms. The summed E-state index contributed by atoms with van der Waals surface area (Å²) < 4.78 is 6.07. The highest BCUT2D eigenvalue weighted by Crippen LogP contribution is 2.28. The molecule has 2 aromatic rings. The highest BCUT2D eigenvalue weighted by atomic mass is 16.5. The zero-order valence-corrected chi connectivity index (χ0v) is 12.6. The van der Waals surface area contributed by atoms with Crippen LogP contribution in [0.5, 0.6) is 11.5 Å². The lowest BCUT2D eigenvalue weighted by atomic mass is 10.1. The van der Waals surface area contributed by atoms with Crippen LogP contribution in [0.15, 0.2) is 36.7 Å². The van der Waals surface area contributed by atoms with Gasteiger partial charge in [-0.1, -0.05) is 26.0 Å². The van der Waals surface area contributed by atoms with E-state index >= 15 is 0 Å². The summed E-state index contributed by atoms with van der Waals surface area (Å²) >= 11 is 0. The van der Waals surface area contributed by atoms with Crippen molar-refractivity contribution < 1.29 is 4.74 Å². The zero-order chi connectivity index (χ0) is 14.5. The Labute approximate surface area is 121 Å². The Bertz CT molecular complexity index is 579. The predicted molar refractivity (Wildman–Crippen MR) is 82.2 cm³/mol. The third-order valence-electron chi connectivity index (χ3n) is 3.33. The first-order chi connectivity index (χ1) is 9.58. The Morgan fingerprint density at radius 1 is 1.15 bits per heavy atom. The quantitative estimate of drug-likeness (QED) is 0.892. The monoisotopic (exact) mass is 270 g/mol. The summed E-state index contributed by atoms with van der Waals surface area (Å²) in [6.45, 7) is 9.18. The molecule has 0 unspecified atom stereocenters. The van der Waals surface area contributed by atoms with Gasteiger partial charge < -0.3 is 10.1 Å². The SMILES string of the molecule is Cc1cccc(Oc2ccncc2CNC(C)C)c1C. The average molecular weight is 270 g/mol. The van der Waals surface area contributed by atoms with Crippen molar-refractivity contribution in [1.29, 1.82) is 0 Å². The first-order valence-corrected chi connectivity index (χ1v) is 6.98. The Morgan fingerprint density at radius 2 is 1.95 bits per heavy atom. The Kier molecular flexibility index (Phi) is 4.74. The Morgan fingerprint density at radius 3 is 2.70 bits per heavy atom. The fraction of sp³-hybridized carbons (Fsp3) is 0.353. The maximum Gasteiger partial charge on any atom is 0.135 e. The van der Waals surface area contributed by atoms with Crippen LogP contribution in [0.3, 0.4) is 0 Å². The van der Waals surface area contributed by atoms with Gasteiger partial charge in [0.25, 0.3) is 0 Å². The van der Waals surface area contributed by atoms with Crippen LogP contribution in [0.4, 0.5) is 0 Å². The van der Waals surface area contributed by atoms with Crippen molar-refractivity contribution in [3.05, 3.63) is 53.3 Å². The molecule has 0 radical (unpaired) electrons. The number of nitrogens with zero attached hydrogens (tertiary/aromatic N) is 1. The van der Waals surface area contributed by atoms with E-state index in [0.29, 0.717) is 6.04 Å². The van der Waals surface area contributed by atoms with E-state index in [1.807, 2.05) is 24.4 Å². The second kappa shape index (κ2) is 6.53. The molecule has 0 saturated heterocycles. The van der Waals surface area contributed by atoms with E-state index in [1.165, 1.54) is 11.1 Å². The summed E-state index contributed by atoms with van der Waals surface area (Å²) in [5.41, 5.74) is 3.48. The molecule has 106 valence electrons. The number of pyridine rings is 1. The molecule has 0 atom stereocenters. The largest absolute Gasteiger partial charge is 0.457 e. The molecule has 0 saturated carbocycles. The lowest BCUT2D eigenvalue weighted by molar-refractivity contribution is 0.464. The van der Waals surface area contributed by atoms with E-state index in [-0.39, 0.29) is 0 Å². The first kappa shape index (κ1) is 14.5. The van der Waals surface area contributed by atoms with E-state index in [4.69, 9.17) is 4.74 Å². The van der Waals surface area contributed by atoms with Crippen LogP contribution >= 0.6 is 0 Å². The molecule has 1 heterocycles. The minimum Gasteiger partial charge on any atom is -0.457 e. The van der Waals surface area contributed by atoms with Gasteiger partial charge in [-0.15, -0.1) is 0 Å². The number of aryl methyl sites for hydroxylation is 1. The fourth-order valence-electron chi connectivity index (χ4n) is 1.91. The number of hydrogen-bond donors (Lipinski definition) is 1. The summed E-state index contributed by atoms with van der Waals surface area (Å²) in [6, 6.07) is 8.46. The van der Waals surface area contributed by atoms with Crippen LogP contribution in [0.1, 0.15) is 30.5 Å². The lowest BCUT2D eigenvalue weighted by Gasteiger charge is -2.15. The van der Waals surface area contributed by atoms with Crippen molar-refractivity contribution >= 4 is 0 Å². The average Bonchev–Trinajstić information content (AvgIpc) is 2.43. The molecule has 0 amide bonds. The summed E-state index contributed by atoms with van der Waals surface area (Å²) in [6.07, 6.45) is 3.62. The number of hydrogen-bond acceptors (Lipinski definition) is 3. The summed E-state index contributed by atoms with van der Waals surface area (Å²) in [7, 11) is 0. The molecule has 0 bridgehead atoms. The molecule has 0 aliphatic carbocycles. The van der Waals surface area contributed by atoms with Crippen LogP contribution in [-0.2, 0) is 6.54 Å². The lowest BCUT2D eigenvalue weighted by Crippen LogP contribution is -2.22. The van der Waals surface area contributed by atoms with Crippen molar-refractivity contribution in [2.75, 3.05) is 0 Å². The molecule has 3 nitrogen and oxygen atoms in total. The Balaban J connectivity index is 2.22. The number of rotatable bonds is 5. The normalized spacial score (nSPS) is 10.8. The van der Waals surface area contributed by atoms with Gasteiger partial charge in [0.1, 0.15) is 11.5 Å². The number of benzene rings is 1. The smallest absolute Gasteiger partial charge is 0.135 e. The maximum absolute atomic E-state index is 6.07. The van der Waals surface area contributed by atoms with Gasteiger partial charge in [-0.3, -0.25) is 4.98 Å². The van der Waals surface area contributed by atoms with Crippen molar-refractivity contribution in [1.82, 2.24) is 10.3 Å². The molecule has 1 aromatic carbocycles. The molecule has 0 aliphatic heterocycles. The minimum absolute atomic E-state index is 0.434. The van der Waals surface area contributed by atoms with Crippen LogP contribution < -0.4 is 10.1 Å². The second-order valence-electron chi connectivity index (χ2n) is 5.32. The van der Waals surface area contributed by atoms with Crippen molar-refractivity contribution in [3.63, 3.8) is 0 Å². The summed E-state index contributed by atoms with van der Waals surface area (Å²) in [5.74, 6) is 1.77. The van der Waals surface area contributed by atoms with E-state index < -0.39 is 0 Å². The topological polar surface area (TPSA) is 34.1 Å². The van der Waals surface area contributed by atoms with Gasteiger partial charge in [0, 0.05) is 30.5 Å². The fourth-order valence-corrected chi connectivity index (χ4v) is 1.91. The van der Waals surface area contributed by atoms with Crippen LogP contribution in [0.2, 0.25) is 0 Å². The highest BCUT2D eigenvalue weighted by molar-refractivity contribution is 5.42. The van der Waals surface area contributed by atoms with Crippen LogP contribution in [0.25, 0.3) is 0 Å². The van der Waals surface area contributed by atoms with Gasteiger partial charge >= 0.3 is 0 Å². The maximum atomic E-state index is 6.07. The van der Waals surface area contributed by atoms with Crippen molar-refractivity contribution in [2.24, 2.45) is 0 Å². The van der Waals surface area contributed by atoms with Gasteiger partial charge in [0.2, 0.25) is 0 Å². The van der Waals surface area contributed by atoms with E-state index in [1.54, 1.807) is 6.20 Å². The molecule has 0 aliphatic rings. The van der Waals surface area contributed by atoms with Crippen LogP contribution in [0, 0.1) is 13.8 Å². The molecule has 0 fully saturated rings. The standard InChI is InChI=1S/C17H22N2O/c1-12(2)19-11-15-10-18-9-8-17(15)20-16-7-5-6-13(3)14(16)4/h5-10,12,19H,11H2,1-4H3. The van der Waals surface area contributed by atoms with Gasteiger partial charge in [-0.05, 0) is 37.1 Å². The number of ether oxygens (including phenoxy) is 1. The van der Waals surface area contributed by atoms with Gasteiger partial charge in [-0.25, -0.2) is 0 Å².